The molecule has 1 aromatic carbocycles. The molecular weight excluding hydrogens is 376 g/mol. The Labute approximate surface area is 180 Å². The molecule has 3 rings (SSSR count). The van der Waals surface area contributed by atoms with Crippen molar-refractivity contribution < 1.29 is 14.4 Å². The Balaban J connectivity index is 1.92. The SMILES string of the molecule is CC(C)c1ccc(N2C(=O)CC(N(C(=O)C3C(C)(C)C3(C)C)C(C)(C)C)C2=O)cc1. The molecule has 1 heterocycles. The lowest BCUT2D eigenvalue weighted by Crippen LogP contribution is -2.55. The third kappa shape index (κ3) is 3.36. The minimum atomic E-state index is -0.762. The second kappa shape index (κ2) is 6.93. The van der Waals surface area contributed by atoms with E-state index in [1.54, 1.807) is 4.90 Å². The van der Waals surface area contributed by atoms with E-state index in [4.69, 9.17) is 0 Å². The number of carbonyl (C=O) groups excluding carboxylic acids is 3. The van der Waals surface area contributed by atoms with Crippen LogP contribution in [0.5, 0.6) is 0 Å². The van der Waals surface area contributed by atoms with Gasteiger partial charge in [0.05, 0.1) is 12.1 Å². The van der Waals surface area contributed by atoms with Crippen LogP contribution in [0.15, 0.2) is 24.3 Å². The van der Waals surface area contributed by atoms with Gasteiger partial charge in [0.2, 0.25) is 11.8 Å². The normalized spacial score (nSPS) is 23.3. The van der Waals surface area contributed by atoms with Gasteiger partial charge in [-0.15, -0.1) is 0 Å². The van der Waals surface area contributed by atoms with Crippen LogP contribution >= 0.6 is 0 Å². The van der Waals surface area contributed by atoms with Crippen molar-refractivity contribution in [2.75, 3.05) is 4.90 Å². The second-order valence-corrected chi connectivity index (χ2v) is 11.3. The average Bonchev–Trinajstić information content (AvgIpc) is 2.84. The van der Waals surface area contributed by atoms with Crippen LogP contribution in [0.25, 0.3) is 0 Å². The van der Waals surface area contributed by atoms with Crippen molar-refractivity contribution in [1.29, 1.82) is 0 Å². The summed E-state index contributed by atoms with van der Waals surface area (Å²) in [4.78, 5) is 42.8. The zero-order valence-corrected chi connectivity index (χ0v) is 19.9. The van der Waals surface area contributed by atoms with E-state index in [0.29, 0.717) is 11.6 Å². The smallest absolute Gasteiger partial charge is 0.257 e. The molecule has 164 valence electrons. The lowest BCUT2D eigenvalue weighted by molar-refractivity contribution is -0.146. The van der Waals surface area contributed by atoms with E-state index in [0.717, 1.165) is 5.56 Å². The monoisotopic (exact) mass is 412 g/mol. The molecule has 1 saturated heterocycles. The number of rotatable bonds is 4. The molecule has 3 amide bonds. The van der Waals surface area contributed by atoms with Crippen LogP contribution in [-0.2, 0) is 14.4 Å². The first-order chi connectivity index (χ1) is 13.6. The van der Waals surface area contributed by atoms with E-state index >= 15 is 0 Å². The molecule has 0 spiro atoms. The molecule has 2 aliphatic rings. The van der Waals surface area contributed by atoms with E-state index in [-0.39, 0.29) is 40.9 Å². The number of imide groups is 1. The van der Waals surface area contributed by atoms with E-state index in [2.05, 4.69) is 41.5 Å². The summed E-state index contributed by atoms with van der Waals surface area (Å²) in [6.07, 6.45) is 0.0291. The van der Waals surface area contributed by atoms with Gasteiger partial charge in [0.15, 0.2) is 0 Å². The fourth-order valence-corrected chi connectivity index (χ4v) is 5.00. The number of benzene rings is 1. The highest BCUT2D eigenvalue weighted by molar-refractivity contribution is 6.23. The summed E-state index contributed by atoms with van der Waals surface area (Å²) in [5.41, 5.74) is 0.894. The molecule has 2 fully saturated rings. The number of anilines is 1. The highest BCUT2D eigenvalue weighted by atomic mass is 16.2. The molecule has 0 aromatic heterocycles. The largest absolute Gasteiger partial charge is 0.325 e. The molecule has 30 heavy (non-hydrogen) atoms. The zero-order valence-electron chi connectivity index (χ0n) is 19.9. The van der Waals surface area contributed by atoms with Gasteiger partial charge in [-0.05, 0) is 55.2 Å². The minimum absolute atomic E-state index is 0.0272. The third-order valence-corrected chi connectivity index (χ3v) is 7.48. The van der Waals surface area contributed by atoms with Crippen molar-refractivity contribution in [3.05, 3.63) is 29.8 Å². The lowest BCUT2D eigenvalue weighted by Gasteiger charge is -2.39. The van der Waals surface area contributed by atoms with Gasteiger partial charge >= 0.3 is 0 Å². The molecule has 5 nitrogen and oxygen atoms in total. The summed E-state index contributed by atoms with van der Waals surface area (Å²) >= 11 is 0. The molecule has 1 atom stereocenters. The molecule has 1 saturated carbocycles. The fraction of sp³-hybridized carbons (Fsp3) is 0.640. The number of hydrogen-bond acceptors (Lipinski definition) is 3. The van der Waals surface area contributed by atoms with Crippen molar-refractivity contribution >= 4 is 23.4 Å². The molecular formula is C25H36N2O3. The molecule has 1 aliphatic heterocycles. The predicted octanol–water partition coefficient (Wildman–Crippen LogP) is 4.75. The van der Waals surface area contributed by atoms with Crippen molar-refractivity contribution in [2.24, 2.45) is 16.7 Å². The van der Waals surface area contributed by atoms with Crippen LogP contribution in [0.1, 0.15) is 80.2 Å². The van der Waals surface area contributed by atoms with E-state index in [9.17, 15) is 14.4 Å². The van der Waals surface area contributed by atoms with Crippen LogP contribution in [0.3, 0.4) is 0 Å². The van der Waals surface area contributed by atoms with Crippen LogP contribution in [0.2, 0.25) is 0 Å². The van der Waals surface area contributed by atoms with Gasteiger partial charge < -0.3 is 4.90 Å². The van der Waals surface area contributed by atoms with Gasteiger partial charge in [0, 0.05) is 11.5 Å². The Kier molecular flexibility index (Phi) is 5.20. The number of carbonyl (C=O) groups is 3. The van der Waals surface area contributed by atoms with Gasteiger partial charge in [-0.3, -0.25) is 14.4 Å². The Morgan fingerprint density at radius 3 is 1.93 bits per heavy atom. The Hall–Kier alpha value is -2.17. The molecule has 0 radical (unpaired) electrons. The molecule has 1 aromatic rings. The first-order valence-corrected chi connectivity index (χ1v) is 10.9. The van der Waals surface area contributed by atoms with Crippen molar-refractivity contribution in [3.63, 3.8) is 0 Å². The van der Waals surface area contributed by atoms with Crippen LogP contribution in [-0.4, -0.2) is 34.2 Å². The molecule has 0 bridgehead atoms. The maximum absolute atomic E-state index is 13.6. The molecule has 5 heteroatoms. The number of amides is 3. The maximum atomic E-state index is 13.6. The summed E-state index contributed by atoms with van der Waals surface area (Å²) < 4.78 is 0. The average molecular weight is 413 g/mol. The molecule has 1 unspecified atom stereocenters. The maximum Gasteiger partial charge on any atom is 0.257 e. The third-order valence-electron chi connectivity index (χ3n) is 7.48. The Morgan fingerprint density at radius 1 is 1.03 bits per heavy atom. The summed E-state index contributed by atoms with van der Waals surface area (Å²) in [6.45, 7) is 18.4. The van der Waals surface area contributed by atoms with Gasteiger partial charge in [0.25, 0.3) is 5.91 Å². The summed E-state index contributed by atoms with van der Waals surface area (Å²) in [5, 5.41) is 0. The van der Waals surface area contributed by atoms with Crippen LogP contribution in [0.4, 0.5) is 5.69 Å². The summed E-state index contributed by atoms with van der Waals surface area (Å²) in [6, 6.07) is 6.79. The molecule has 0 N–H and O–H groups in total. The quantitative estimate of drug-likeness (QED) is 0.671. The van der Waals surface area contributed by atoms with E-state index < -0.39 is 11.6 Å². The van der Waals surface area contributed by atoms with Gasteiger partial charge in [-0.2, -0.15) is 0 Å². The minimum Gasteiger partial charge on any atom is -0.325 e. The Morgan fingerprint density at radius 2 is 1.53 bits per heavy atom. The number of hydrogen-bond donors (Lipinski definition) is 0. The van der Waals surface area contributed by atoms with Gasteiger partial charge in [-0.25, -0.2) is 4.90 Å². The fourth-order valence-electron chi connectivity index (χ4n) is 5.00. The first-order valence-electron chi connectivity index (χ1n) is 10.9. The Bertz CT molecular complexity index is 861. The predicted molar refractivity (Wildman–Crippen MR) is 119 cm³/mol. The van der Waals surface area contributed by atoms with Crippen LogP contribution in [0, 0.1) is 16.7 Å². The van der Waals surface area contributed by atoms with Crippen molar-refractivity contribution in [3.8, 4) is 0 Å². The van der Waals surface area contributed by atoms with E-state index in [1.165, 1.54) is 4.90 Å². The topological polar surface area (TPSA) is 57.7 Å². The standard InChI is InChI=1S/C25H36N2O3/c1-15(2)16-10-12-17(13-11-16)26-19(28)14-18(21(26)29)27(23(3,4)5)22(30)20-24(6,7)25(20,8)9/h10-13,15,18,20H,14H2,1-9H3. The van der Waals surface area contributed by atoms with Crippen LogP contribution < -0.4 is 4.90 Å². The lowest BCUT2D eigenvalue weighted by atomic mass is 9.98. The second-order valence-electron chi connectivity index (χ2n) is 11.3. The van der Waals surface area contributed by atoms with E-state index in [1.807, 2.05) is 45.0 Å². The van der Waals surface area contributed by atoms with Gasteiger partial charge in [-0.1, -0.05) is 53.7 Å². The molecule has 1 aliphatic carbocycles. The first kappa shape index (κ1) is 22.5. The zero-order chi connectivity index (χ0) is 22.8. The number of nitrogens with zero attached hydrogens (tertiary/aromatic N) is 2. The highest BCUT2D eigenvalue weighted by Gasteiger charge is 2.70. The van der Waals surface area contributed by atoms with Gasteiger partial charge in [0.1, 0.15) is 6.04 Å². The summed E-state index contributed by atoms with van der Waals surface area (Å²) in [5.74, 6) is -0.376. The van der Waals surface area contributed by atoms with Crippen molar-refractivity contribution in [2.45, 2.75) is 86.2 Å². The highest BCUT2D eigenvalue weighted by Crippen LogP contribution is 2.69. The summed E-state index contributed by atoms with van der Waals surface area (Å²) in [7, 11) is 0. The van der Waals surface area contributed by atoms with Crippen molar-refractivity contribution in [1.82, 2.24) is 4.90 Å².